The summed E-state index contributed by atoms with van der Waals surface area (Å²) in [5, 5.41) is 2.26. The standard InChI is InChI=1S/C22H20F6N2O4/c1-9-15(11-5-7-14(24)16(25)17(11)33-3)18(34-21(9,2)22(26,27)28)20(32)30-10-4-6-13(23)12(8-10)19(29)31/h4-9,15,18H,1-3H3,(H2,29,31)(H,30,32)/t9-,15-,18+,21+/m0/s1. The molecule has 1 heterocycles. The number of alkyl halides is 3. The number of halogens is 6. The molecule has 1 aliphatic rings. The SMILES string of the molecule is COc1c([C@H]2[C@H](C(=O)Nc3ccc(F)c(C(N)=O)c3)O[C@@](C)(C(F)(F)F)[C@H]2C)ccc(F)c1F. The van der Waals surface area contributed by atoms with Crippen molar-refractivity contribution < 1.29 is 45.4 Å². The number of ether oxygens (including phenoxy) is 2. The number of primary amides is 1. The molecule has 12 heteroatoms. The molecule has 3 N–H and O–H groups in total. The van der Waals surface area contributed by atoms with Crippen LogP contribution in [0.25, 0.3) is 0 Å². The molecular formula is C22H20F6N2O4. The summed E-state index contributed by atoms with van der Waals surface area (Å²) in [5.41, 5.74) is 1.32. The van der Waals surface area contributed by atoms with Gasteiger partial charge in [-0.3, -0.25) is 9.59 Å². The highest BCUT2D eigenvalue weighted by molar-refractivity contribution is 5.98. The molecule has 2 aromatic carbocycles. The average molecular weight is 490 g/mol. The molecule has 2 amide bonds. The molecule has 0 saturated carbocycles. The first-order valence-electron chi connectivity index (χ1n) is 9.89. The molecule has 4 atom stereocenters. The van der Waals surface area contributed by atoms with Gasteiger partial charge in [-0.1, -0.05) is 13.0 Å². The van der Waals surface area contributed by atoms with Crippen molar-refractivity contribution in [1.29, 1.82) is 0 Å². The number of anilines is 1. The zero-order valence-electron chi connectivity index (χ0n) is 18.1. The Bertz CT molecular complexity index is 1140. The molecule has 34 heavy (non-hydrogen) atoms. The summed E-state index contributed by atoms with van der Waals surface area (Å²) in [6.45, 7) is 1.91. The fraction of sp³-hybridized carbons (Fsp3) is 0.364. The molecule has 6 nitrogen and oxygen atoms in total. The molecule has 2 aromatic rings. The van der Waals surface area contributed by atoms with Crippen molar-refractivity contribution >= 4 is 17.5 Å². The van der Waals surface area contributed by atoms with Crippen LogP contribution >= 0.6 is 0 Å². The number of carbonyl (C=O) groups is 2. The summed E-state index contributed by atoms with van der Waals surface area (Å²) in [5.74, 6) is -9.46. The number of nitrogens with two attached hydrogens (primary N) is 1. The minimum absolute atomic E-state index is 0.145. The van der Waals surface area contributed by atoms with Crippen molar-refractivity contribution in [2.24, 2.45) is 11.7 Å². The zero-order valence-corrected chi connectivity index (χ0v) is 18.1. The second-order valence-corrected chi connectivity index (χ2v) is 7.99. The number of hydrogen-bond acceptors (Lipinski definition) is 4. The van der Waals surface area contributed by atoms with Gasteiger partial charge in [0.1, 0.15) is 11.9 Å². The molecule has 0 spiro atoms. The van der Waals surface area contributed by atoms with E-state index in [0.29, 0.717) is 6.07 Å². The Balaban J connectivity index is 2.08. The van der Waals surface area contributed by atoms with Gasteiger partial charge in [0.15, 0.2) is 17.2 Å². The van der Waals surface area contributed by atoms with Crippen LogP contribution in [0.1, 0.15) is 35.7 Å². The number of carbonyl (C=O) groups excluding carboxylic acids is 2. The van der Waals surface area contributed by atoms with Crippen LogP contribution in [-0.4, -0.2) is 36.8 Å². The van der Waals surface area contributed by atoms with E-state index < -0.39 is 70.3 Å². The maximum Gasteiger partial charge on any atom is 0.417 e. The lowest BCUT2D eigenvalue weighted by Crippen LogP contribution is -2.47. The van der Waals surface area contributed by atoms with Crippen molar-refractivity contribution in [2.75, 3.05) is 12.4 Å². The predicted molar refractivity (Wildman–Crippen MR) is 108 cm³/mol. The molecule has 184 valence electrons. The van der Waals surface area contributed by atoms with Crippen molar-refractivity contribution in [3.8, 4) is 5.75 Å². The summed E-state index contributed by atoms with van der Waals surface area (Å²) in [4.78, 5) is 24.4. The van der Waals surface area contributed by atoms with E-state index in [2.05, 4.69) is 5.32 Å². The molecule has 0 bridgehead atoms. The number of amides is 2. The van der Waals surface area contributed by atoms with Gasteiger partial charge in [-0.15, -0.1) is 0 Å². The first kappa shape index (κ1) is 25.3. The summed E-state index contributed by atoms with van der Waals surface area (Å²) in [7, 11) is 1.00. The molecule has 0 radical (unpaired) electrons. The molecule has 0 unspecified atom stereocenters. The van der Waals surface area contributed by atoms with Crippen LogP contribution in [0, 0.1) is 23.4 Å². The summed E-state index contributed by atoms with van der Waals surface area (Å²) < 4.78 is 93.8. The van der Waals surface area contributed by atoms with Crippen LogP contribution in [0.15, 0.2) is 30.3 Å². The van der Waals surface area contributed by atoms with E-state index >= 15 is 0 Å². The van der Waals surface area contributed by atoms with E-state index in [0.717, 1.165) is 45.2 Å². The van der Waals surface area contributed by atoms with Gasteiger partial charge in [0, 0.05) is 23.1 Å². The van der Waals surface area contributed by atoms with Crippen LogP contribution in [-0.2, 0) is 9.53 Å². The van der Waals surface area contributed by atoms with Crippen LogP contribution < -0.4 is 15.8 Å². The van der Waals surface area contributed by atoms with Gasteiger partial charge >= 0.3 is 6.18 Å². The third-order valence-corrected chi connectivity index (χ3v) is 6.07. The molecule has 3 rings (SSSR count). The topological polar surface area (TPSA) is 90.6 Å². The fourth-order valence-corrected chi connectivity index (χ4v) is 4.05. The summed E-state index contributed by atoms with van der Waals surface area (Å²) in [6, 6.07) is 4.53. The third kappa shape index (κ3) is 4.17. The van der Waals surface area contributed by atoms with Crippen molar-refractivity contribution in [3.05, 3.63) is 58.9 Å². The smallest absolute Gasteiger partial charge is 0.417 e. The number of hydrogen-bond donors (Lipinski definition) is 2. The lowest BCUT2D eigenvalue weighted by atomic mass is 9.77. The lowest BCUT2D eigenvalue weighted by Gasteiger charge is -2.32. The van der Waals surface area contributed by atoms with Crippen LogP contribution in [0.2, 0.25) is 0 Å². The van der Waals surface area contributed by atoms with E-state index in [1.807, 2.05) is 0 Å². The number of nitrogens with one attached hydrogen (secondary N) is 1. The van der Waals surface area contributed by atoms with Crippen molar-refractivity contribution in [1.82, 2.24) is 0 Å². The monoisotopic (exact) mass is 490 g/mol. The van der Waals surface area contributed by atoms with Gasteiger partial charge in [-0.25, -0.2) is 8.78 Å². The van der Waals surface area contributed by atoms with E-state index in [-0.39, 0.29) is 11.3 Å². The van der Waals surface area contributed by atoms with Crippen LogP contribution in [0.3, 0.4) is 0 Å². The molecule has 1 aliphatic heterocycles. The molecule has 0 aromatic heterocycles. The highest BCUT2D eigenvalue weighted by atomic mass is 19.4. The Kier molecular flexibility index (Phi) is 6.57. The zero-order chi connectivity index (χ0) is 25.6. The molecule has 1 saturated heterocycles. The van der Waals surface area contributed by atoms with E-state index in [4.69, 9.17) is 15.2 Å². The Morgan fingerprint density at radius 1 is 1.12 bits per heavy atom. The maximum absolute atomic E-state index is 14.4. The quantitative estimate of drug-likeness (QED) is 0.612. The highest BCUT2D eigenvalue weighted by Gasteiger charge is 2.65. The maximum atomic E-state index is 14.4. The van der Waals surface area contributed by atoms with Crippen LogP contribution in [0.4, 0.5) is 32.0 Å². The number of benzene rings is 2. The Morgan fingerprint density at radius 3 is 2.29 bits per heavy atom. The van der Waals surface area contributed by atoms with E-state index in [9.17, 15) is 35.9 Å². The number of rotatable bonds is 5. The second-order valence-electron chi connectivity index (χ2n) is 7.99. The second kappa shape index (κ2) is 8.82. The largest absolute Gasteiger partial charge is 0.493 e. The Hall–Kier alpha value is -3.28. The fourth-order valence-electron chi connectivity index (χ4n) is 4.05. The van der Waals surface area contributed by atoms with E-state index in [1.54, 1.807) is 0 Å². The normalized spacial score (nSPS) is 24.7. The summed E-state index contributed by atoms with van der Waals surface area (Å²) in [6.07, 6.45) is -6.77. The minimum atomic E-state index is -4.93. The predicted octanol–water partition coefficient (Wildman–Crippen LogP) is 4.29. The lowest BCUT2D eigenvalue weighted by molar-refractivity contribution is -0.272. The summed E-state index contributed by atoms with van der Waals surface area (Å²) >= 11 is 0. The minimum Gasteiger partial charge on any atom is -0.493 e. The molecule has 0 aliphatic carbocycles. The van der Waals surface area contributed by atoms with Crippen LogP contribution in [0.5, 0.6) is 5.75 Å². The highest BCUT2D eigenvalue weighted by Crippen LogP contribution is 2.55. The molecular weight excluding hydrogens is 470 g/mol. The third-order valence-electron chi connectivity index (χ3n) is 6.07. The Labute approximate surface area is 190 Å². The first-order valence-corrected chi connectivity index (χ1v) is 9.89. The van der Waals surface area contributed by atoms with E-state index in [1.165, 1.54) is 0 Å². The first-order chi connectivity index (χ1) is 15.7. The van der Waals surface area contributed by atoms with Crippen molar-refractivity contribution in [2.45, 2.75) is 37.6 Å². The molecule has 1 fully saturated rings. The van der Waals surface area contributed by atoms with Gasteiger partial charge in [-0.2, -0.15) is 17.6 Å². The van der Waals surface area contributed by atoms with Gasteiger partial charge < -0.3 is 20.5 Å². The van der Waals surface area contributed by atoms with Gasteiger partial charge in [0.05, 0.1) is 12.7 Å². The Morgan fingerprint density at radius 2 is 1.74 bits per heavy atom. The average Bonchev–Trinajstić information content (AvgIpc) is 3.03. The van der Waals surface area contributed by atoms with Gasteiger partial charge in [-0.05, 0) is 31.2 Å². The number of methoxy groups -OCH3 is 1. The van der Waals surface area contributed by atoms with Crippen molar-refractivity contribution in [3.63, 3.8) is 0 Å². The van der Waals surface area contributed by atoms with Gasteiger partial charge in [0.2, 0.25) is 5.82 Å². The van der Waals surface area contributed by atoms with Gasteiger partial charge in [0.25, 0.3) is 11.8 Å².